The topological polar surface area (TPSA) is 48.8 Å². The van der Waals surface area contributed by atoms with Gasteiger partial charge in [0.1, 0.15) is 21.8 Å². The van der Waals surface area contributed by atoms with E-state index < -0.39 is 0 Å². The van der Waals surface area contributed by atoms with E-state index in [4.69, 9.17) is 14.4 Å². The van der Waals surface area contributed by atoms with Crippen LogP contribution in [0.2, 0.25) is 0 Å². The van der Waals surface area contributed by atoms with Crippen LogP contribution in [-0.4, -0.2) is 19.1 Å². The molecule has 0 spiro atoms. The molecule has 0 saturated carbocycles. The van der Waals surface area contributed by atoms with Gasteiger partial charge in [-0.1, -0.05) is 202 Å². The van der Waals surface area contributed by atoms with Gasteiger partial charge in [0.2, 0.25) is 0 Å². The first kappa shape index (κ1) is 52.7. The van der Waals surface area contributed by atoms with Gasteiger partial charge in [0.05, 0.1) is 33.5 Å². The average Bonchev–Trinajstić information content (AvgIpc) is 1.60. The van der Waals surface area contributed by atoms with Crippen molar-refractivity contribution in [3.63, 3.8) is 0 Å². The van der Waals surface area contributed by atoms with E-state index in [1.165, 1.54) is 122 Å². The van der Waals surface area contributed by atoms with E-state index in [2.05, 4.69) is 296 Å². The van der Waals surface area contributed by atoms with Crippen LogP contribution >= 0.6 is 34.0 Å². The normalized spacial score (nSPS) is 12.9. The number of rotatable bonds is 5. The molecule has 12 aromatic carbocycles. The Labute approximate surface area is 545 Å². The molecule has 20 aromatic rings. The highest BCUT2D eigenvalue weighted by Crippen LogP contribution is 2.52. The molecule has 21 rings (SSSR count). The van der Waals surface area contributed by atoms with Crippen LogP contribution in [-0.2, 0) is 5.41 Å². The van der Waals surface area contributed by atoms with Crippen LogP contribution < -0.4 is 0 Å². The Morgan fingerprint density at radius 1 is 0.323 bits per heavy atom. The number of nitrogens with zero attached hydrogens (tertiary/aromatic N) is 4. The zero-order chi connectivity index (χ0) is 61.2. The predicted octanol–water partition coefficient (Wildman–Crippen LogP) is 24.7. The number of para-hydroxylation sites is 5. The fraction of sp³-hybridized carbons (Fsp3) is 0.0353. The van der Waals surface area contributed by atoms with Crippen LogP contribution in [0.25, 0.3) is 182 Å². The average molecular weight is 1240 g/mol. The molecule has 1 aliphatic rings. The predicted molar refractivity (Wildman–Crippen MR) is 397 cm³/mol. The number of benzene rings is 12. The quantitative estimate of drug-likeness (QED) is 0.173. The standard InChI is InChI=1S/C44H28N2OS.C41H24N2S2/c1-44(2)34-15-7-3-11-26(34)27-20-19-25(21-35(27)44)31-24-41(46-36-16-8-4-12-28(36)29-13-5-9-17-37(29)46)45-43-42(31)33-22-39-32(23-40(33)48-43)30-14-6-10-18-38(30)47-39;1-2-11-25(12-3-1)33-24-39-40(32-23-37-31(22-38(32)45-39)30-17-6-9-20-36(30)44-37)41(42-33)26-13-10-14-27(21-26)43-34-18-7-4-15-28(34)29-16-5-8-19-35(29)43/h3-24H,1-2H3;1-24H. The minimum Gasteiger partial charge on any atom is -0.456 e. The summed E-state index contributed by atoms with van der Waals surface area (Å²) in [4.78, 5) is 11.9. The largest absolute Gasteiger partial charge is 0.456 e. The van der Waals surface area contributed by atoms with Crippen molar-refractivity contribution >= 4 is 160 Å². The van der Waals surface area contributed by atoms with Crippen molar-refractivity contribution in [3.05, 3.63) is 290 Å². The lowest BCUT2D eigenvalue weighted by atomic mass is 9.81. The van der Waals surface area contributed by atoms with Gasteiger partial charge in [-0.2, -0.15) is 0 Å². The van der Waals surface area contributed by atoms with Crippen molar-refractivity contribution in [1.82, 2.24) is 19.1 Å². The summed E-state index contributed by atoms with van der Waals surface area (Å²) in [5, 5.41) is 14.8. The Kier molecular flexibility index (Phi) is 11.3. The fourth-order valence-corrected chi connectivity index (χ4v) is 18.7. The summed E-state index contributed by atoms with van der Waals surface area (Å²) in [7, 11) is 0. The molecule has 0 radical (unpaired) electrons. The molecule has 0 N–H and O–H groups in total. The highest BCUT2D eigenvalue weighted by atomic mass is 32.1. The maximum atomic E-state index is 6.41. The van der Waals surface area contributed by atoms with Gasteiger partial charge in [-0.3, -0.25) is 4.57 Å². The van der Waals surface area contributed by atoms with Gasteiger partial charge in [-0.15, -0.1) is 34.0 Å². The molecule has 8 heteroatoms. The summed E-state index contributed by atoms with van der Waals surface area (Å²) in [6.07, 6.45) is 0. The van der Waals surface area contributed by atoms with E-state index in [9.17, 15) is 0 Å². The lowest BCUT2D eigenvalue weighted by molar-refractivity contribution is 0.660. The molecule has 0 bridgehead atoms. The monoisotopic (exact) mass is 1240 g/mol. The summed E-state index contributed by atoms with van der Waals surface area (Å²) in [5.41, 5.74) is 19.7. The highest BCUT2D eigenvalue weighted by molar-refractivity contribution is 7.27. The molecule has 0 amide bonds. The molecular formula is C85H52N4OS3. The third-order valence-corrected chi connectivity index (χ3v) is 22.9. The van der Waals surface area contributed by atoms with Crippen molar-refractivity contribution in [2.75, 3.05) is 0 Å². The Bertz CT molecular complexity index is 6440. The summed E-state index contributed by atoms with van der Waals surface area (Å²) >= 11 is 5.51. The second-order valence-electron chi connectivity index (χ2n) is 25.1. The Morgan fingerprint density at radius 3 is 1.65 bits per heavy atom. The molecular weight excluding hydrogens is 1190 g/mol. The summed E-state index contributed by atoms with van der Waals surface area (Å²) < 4.78 is 17.6. The van der Waals surface area contributed by atoms with Gasteiger partial charge in [0.15, 0.2) is 0 Å². The molecule has 93 heavy (non-hydrogen) atoms. The molecule has 436 valence electrons. The first-order valence-corrected chi connectivity index (χ1v) is 34.0. The van der Waals surface area contributed by atoms with Gasteiger partial charge < -0.3 is 8.98 Å². The fourth-order valence-electron chi connectivity index (χ4n) is 15.3. The minimum atomic E-state index is -0.0963. The molecule has 0 unspecified atom stereocenters. The zero-order valence-electron chi connectivity index (χ0n) is 50.5. The lowest BCUT2D eigenvalue weighted by Gasteiger charge is -2.22. The van der Waals surface area contributed by atoms with Crippen LogP contribution in [0, 0.1) is 0 Å². The molecule has 8 aromatic heterocycles. The van der Waals surface area contributed by atoms with Crippen molar-refractivity contribution < 1.29 is 4.42 Å². The van der Waals surface area contributed by atoms with Crippen molar-refractivity contribution in [2.45, 2.75) is 19.3 Å². The van der Waals surface area contributed by atoms with Gasteiger partial charge in [-0.25, -0.2) is 9.97 Å². The summed E-state index contributed by atoms with van der Waals surface area (Å²) in [6.45, 7) is 4.71. The number of hydrogen-bond donors (Lipinski definition) is 0. The van der Waals surface area contributed by atoms with E-state index in [1.54, 1.807) is 11.3 Å². The maximum Gasteiger partial charge on any atom is 0.139 e. The minimum absolute atomic E-state index is 0.0963. The number of furan rings is 1. The van der Waals surface area contributed by atoms with E-state index in [0.717, 1.165) is 71.8 Å². The molecule has 1 aliphatic carbocycles. The SMILES string of the molecule is CC1(C)c2ccccc2-c2ccc(-c3cc(-n4c5ccccc5c5ccccc54)nc4sc5cc6c(cc5c34)oc3ccccc36)cc21.c1ccc(-c2cc3sc4cc5c(cc4c3c(-c3cccc(-n4c6ccccc6c6ccccc64)c3)n2)sc2ccccc25)cc1. The van der Waals surface area contributed by atoms with Crippen molar-refractivity contribution in [1.29, 1.82) is 0 Å². The number of hydrogen-bond acceptors (Lipinski definition) is 6. The second kappa shape index (κ2) is 20.0. The van der Waals surface area contributed by atoms with Crippen molar-refractivity contribution in [3.8, 4) is 56.3 Å². The number of pyridine rings is 2. The van der Waals surface area contributed by atoms with Gasteiger partial charge in [0, 0.05) is 110 Å². The molecule has 0 atom stereocenters. The molecule has 0 fully saturated rings. The smallest absolute Gasteiger partial charge is 0.139 e. The molecule has 0 saturated heterocycles. The summed E-state index contributed by atoms with van der Waals surface area (Å²) in [6, 6.07) is 101. The molecule has 5 nitrogen and oxygen atoms in total. The molecule has 0 aliphatic heterocycles. The van der Waals surface area contributed by atoms with Crippen LogP contribution in [0.3, 0.4) is 0 Å². The van der Waals surface area contributed by atoms with Crippen LogP contribution in [0.5, 0.6) is 0 Å². The van der Waals surface area contributed by atoms with E-state index in [-0.39, 0.29) is 5.41 Å². The van der Waals surface area contributed by atoms with Gasteiger partial charge >= 0.3 is 0 Å². The number of thiophene rings is 3. The van der Waals surface area contributed by atoms with E-state index in [0.29, 0.717) is 0 Å². The first-order chi connectivity index (χ1) is 45.8. The van der Waals surface area contributed by atoms with E-state index >= 15 is 0 Å². The van der Waals surface area contributed by atoms with Gasteiger partial charge in [0.25, 0.3) is 0 Å². The Morgan fingerprint density at radius 2 is 0.892 bits per heavy atom. The summed E-state index contributed by atoms with van der Waals surface area (Å²) in [5.74, 6) is 0.929. The Balaban J connectivity index is 0.000000129. The number of aromatic nitrogens is 4. The first-order valence-electron chi connectivity index (χ1n) is 31.6. The maximum absolute atomic E-state index is 6.41. The molecule has 8 heterocycles. The van der Waals surface area contributed by atoms with Crippen LogP contribution in [0.1, 0.15) is 25.0 Å². The third kappa shape index (κ3) is 7.90. The second-order valence-corrected chi connectivity index (χ2v) is 28.3. The highest BCUT2D eigenvalue weighted by Gasteiger charge is 2.36. The third-order valence-electron chi connectivity index (χ3n) is 19.6. The van der Waals surface area contributed by atoms with Gasteiger partial charge in [-0.05, 0) is 124 Å². The Hall–Kier alpha value is -11.0. The van der Waals surface area contributed by atoms with Crippen LogP contribution in [0.4, 0.5) is 0 Å². The zero-order valence-corrected chi connectivity index (χ0v) is 52.9. The lowest BCUT2D eigenvalue weighted by Crippen LogP contribution is -2.14. The van der Waals surface area contributed by atoms with E-state index in [1.807, 2.05) is 28.7 Å². The van der Waals surface area contributed by atoms with Crippen molar-refractivity contribution in [2.24, 2.45) is 0 Å². The number of fused-ring (bicyclic) bond motifs is 21. The van der Waals surface area contributed by atoms with Crippen LogP contribution in [0.15, 0.2) is 283 Å².